The molecule has 0 spiro atoms. The predicted octanol–water partition coefficient (Wildman–Crippen LogP) is 1.97. The number of anilines is 2. The van der Waals surface area contributed by atoms with E-state index in [4.69, 9.17) is 16.2 Å². The van der Waals surface area contributed by atoms with Crippen LogP contribution in [0.15, 0.2) is 29.3 Å². The summed E-state index contributed by atoms with van der Waals surface area (Å²) < 4.78 is 5.20. The van der Waals surface area contributed by atoms with Gasteiger partial charge in [0.15, 0.2) is 5.82 Å². The van der Waals surface area contributed by atoms with Crippen LogP contribution >= 0.6 is 0 Å². The fourth-order valence-electron chi connectivity index (χ4n) is 3.25. The maximum atomic E-state index is 12.7. The molecule has 2 unspecified atom stereocenters. The lowest BCUT2D eigenvalue weighted by Crippen LogP contribution is -2.34. The lowest BCUT2D eigenvalue weighted by atomic mass is 9.76. The van der Waals surface area contributed by atoms with E-state index >= 15 is 0 Å². The fourth-order valence-corrected chi connectivity index (χ4v) is 3.25. The van der Waals surface area contributed by atoms with E-state index < -0.39 is 22.7 Å². The summed E-state index contributed by atoms with van der Waals surface area (Å²) in [5, 5.41) is 11.2. The number of nitro benzene ring substituents is 1. The average Bonchev–Trinajstić information content (AvgIpc) is 2.60. The monoisotopic (exact) mass is 370 g/mol. The topological polar surface area (TPSA) is 160 Å². The van der Waals surface area contributed by atoms with Crippen molar-refractivity contribution in [3.8, 4) is 0 Å². The normalized spacial score (nSPS) is 18.4. The van der Waals surface area contributed by atoms with Gasteiger partial charge in [-0.15, -0.1) is 0 Å². The molecule has 0 bridgehead atoms. The van der Waals surface area contributed by atoms with E-state index in [-0.39, 0.29) is 29.9 Å². The van der Waals surface area contributed by atoms with Gasteiger partial charge in [0.1, 0.15) is 11.7 Å². The zero-order valence-electron chi connectivity index (χ0n) is 14.7. The van der Waals surface area contributed by atoms with Gasteiger partial charge in [-0.25, -0.2) is 4.99 Å². The van der Waals surface area contributed by atoms with Gasteiger partial charge in [-0.05, 0) is 19.4 Å². The molecule has 140 valence electrons. The van der Waals surface area contributed by atoms with Crippen molar-refractivity contribution < 1.29 is 14.5 Å². The van der Waals surface area contributed by atoms with E-state index in [0.717, 1.165) is 0 Å². The molecule has 0 saturated heterocycles. The van der Waals surface area contributed by atoms with Crippen molar-refractivity contribution in [1.29, 1.82) is 0 Å². The van der Waals surface area contributed by atoms with E-state index in [2.05, 4.69) is 15.0 Å². The molecule has 2 atom stereocenters. The number of fused-ring (bicyclic) bond motifs is 1. The molecule has 1 aromatic carbocycles. The Bertz CT molecular complexity index is 958. The minimum atomic E-state index is -0.811. The van der Waals surface area contributed by atoms with Gasteiger partial charge in [0.2, 0.25) is 5.95 Å². The molecule has 0 radical (unpaired) electrons. The molecule has 10 heteroatoms. The largest absolute Gasteiger partial charge is 0.465 e. The molecule has 4 N–H and O–H groups in total. The number of esters is 1. The molecule has 1 aliphatic heterocycles. The van der Waals surface area contributed by atoms with Gasteiger partial charge >= 0.3 is 5.97 Å². The number of carbonyl (C=O) groups is 1. The Morgan fingerprint density at radius 2 is 2.07 bits per heavy atom. The molecule has 2 aromatic rings. The quantitative estimate of drug-likeness (QED) is 0.469. The third kappa shape index (κ3) is 3.28. The standard InChI is InChI=1S/C17H18N6O4/c1-3-27-16(24)11-8(2)20-15-13(14(18)21-17(19)22-15)12(11)9-5-4-6-10(7-9)23(25)26/h4-7,11-12H,3H2,1-2H3,(H4,18,19,21,22). The van der Waals surface area contributed by atoms with Crippen LogP contribution in [0.25, 0.3) is 0 Å². The van der Waals surface area contributed by atoms with E-state index in [9.17, 15) is 14.9 Å². The number of rotatable bonds is 4. The Morgan fingerprint density at radius 1 is 1.33 bits per heavy atom. The molecule has 3 rings (SSSR count). The molecule has 0 amide bonds. The molecule has 0 aliphatic carbocycles. The smallest absolute Gasteiger partial charge is 0.315 e. The minimum absolute atomic E-state index is 0.0461. The summed E-state index contributed by atoms with van der Waals surface area (Å²) in [4.78, 5) is 35.8. The van der Waals surface area contributed by atoms with Gasteiger partial charge < -0.3 is 16.2 Å². The van der Waals surface area contributed by atoms with E-state index in [1.807, 2.05) is 0 Å². The Hall–Kier alpha value is -3.56. The van der Waals surface area contributed by atoms with Gasteiger partial charge in [-0.3, -0.25) is 14.9 Å². The summed E-state index contributed by atoms with van der Waals surface area (Å²) in [6, 6.07) is 6.00. The van der Waals surface area contributed by atoms with E-state index in [1.165, 1.54) is 12.1 Å². The maximum Gasteiger partial charge on any atom is 0.315 e. The van der Waals surface area contributed by atoms with Crippen molar-refractivity contribution in [3.05, 3.63) is 45.5 Å². The van der Waals surface area contributed by atoms with Gasteiger partial charge in [0.05, 0.1) is 11.5 Å². The van der Waals surface area contributed by atoms with Gasteiger partial charge in [0, 0.05) is 29.3 Å². The van der Waals surface area contributed by atoms with Crippen LogP contribution in [0.3, 0.4) is 0 Å². The first kappa shape index (κ1) is 18.2. The zero-order chi connectivity index (χ0) is 19.7. The van der Waals surface area contributed by atoms with Crippen LogP contribution in [0, 0.1) is 16.0 Å². The summed E-state index contributed by atoms with van der Waals surface area (Å²) in [5.74, 6) is -1.73. The number of benzene rings is 1. The van der Waals surface area contributed by atoms with Crippen LogP contribution < -0.4 is 11.5 Å². The number of aromatic nitrogens is 2. The number of nitrogen functional groups attached to an aromatic ring is 2. The molecule has 2 heterocycles. The van der Waals surface area contributed by atoms with Crippen molar-refractivity contribution in [2.45, 2.75) is 19.8 Å². The fraction of sp³-hybridized carbons (Fsp3) is 0.294. The molecular weight excluding hydrogens is 352 g/mol. The zero-order valence-corrected chi connectivity index (χ0v) is 14.7. The molecule has 0 saturated carbocycles. The van der Waals surface area contributed by atoms with Crippen LogP contribution in [-0.4, -0.2) is 33.2 Å². The molecule has 10 nitrogen and oxygen atoms in total. The summed E-state index contributed by atoms with van der Waals surface area (Å²) in [5.41, 5.74) is 13.0. The first-order valence-electron chi connectivity index (χ1n) is 8.22. The number of carbonyl (C=O) groups excluding carboxylic acids is 1. The lowest BCUT2D eigenvalue weighted by molar-refractivity contribution is -0.384. The molecule has 1 aromatic heterocycles. The highest BCUT2D eigenvalue weighted by Gasteiger charge is 2.41. The summed E-state index contributed by atoms with van der Waals surface area (Å²) in [6.45, 7) is 3.55. The third-order valence-electron chi connectivity index (χ3n) is 4.33. The third-order valence-corrected chi connectivity index (χ3v) is 4.33. The predicted molar refractivity (Wildman–Crippen MR) is 98.7 cm³/mol. The second-order valence-electron chi connectivity index (χ2n) is 6.02. The van der Waals surface area contributed by atoms with Gasteiger partial charge in [0.25, 0.3) is 5.69 Å². The number of ether oxygens (including phenoxy) is 1. The Balaban J connectivity index is 2.25. The van der Waals surface area contributed by atoms with E-state index in [1.54, 1.807) is 26.0 Å². The highest BCUT2D eigenvalue weighted by Crippen LogP contribution is 2.45. The van der Waals surface area contributed by atoms with Crippen molar-refractivity contribution in [3.63, 3.8) is 0 Å². The van der Waals surface area contributed by atoms with Crippen molar-refractivity contribution in [2.24, 2.45) is 10.9 Å². The number of aliphatic imine (C=N–C) groups is 1. The Kier molecular flexibility index (Phi) is 4.72. The number of nitro groups is 1. The molecular formula is C17H18N6O4. The first-order valence-corrected chi connectivity index (χ1v) is 8.22. The van der Waals surface area contributed by atoms with Gasteiger partial charge in [-0.2, -0.15) is 9.97 Å². The van der Waals surface area contributed by atoms with Crippen molar-refractivity contribution in [2.75, 3.05) is 18.1 Å². The Morgan fingerprint density at radius 3 is 2.74 bits per heavy atom. The van der Waals surface area contributed by atoms with Crippen LogP contribution in [0.4, 0.5) is 23.3 Å². The second-order valence-corrected chi connectivity index (χ2v) is 6.02. The van der Waals surface area contributed by atoms with Crippen LogP contribution in [0.5, 0.6) is 0 Å². The molecule has 27 heavy (non-hydrogen) atoms. The van der Waals surface area contributed by atoms with Gasteiger partial charge in [-0.1, -0.05) is 12.1 Å². The highest BCUT2D eigenvalue weighted by molar-refractivity contribution is 6.05. The molecule has 0 fully saturated rings. The number of non-ortho nitro benzene ring substituents is 1. The van der Waals surface area contributed by atoms with E-state index in [0.29, 0.717) is 16.8 Å². The number of hydrogen-bond donors (Lipinski definition) is 2. The maximum absolute atomic E-state index is 12.7. The SMILES string of the molecule is CCOC(=O)C1C(C)=Nc2nc(N)nc(N)c2C1c1cccc([N+](=O)[O-])c1. The first-order chi connectivity index (χ1) is 12.8. The number of hydrogen-bond acceptors (Lipinski definition) is 9. The van der Waals surface area contributed by atoms with Crippen molar-refractivity contribution >= 4 is 35.0 Å². The summed E-state index contributed by atoms with van der Waals surface area (Å²) in [6.07, 6.45) is 0. The number of nitrogens with two attached hydrogens (primary N) is 2. The minimum Gasteiger partial charge on any atom is -0.465 e. The number of nitrogens with zero attached hydrogens (tertiary/aromatic N) is 4. The average molecular weight is 370 g/mol. The lowest BCUT2D eigenvalue weighted by Gasteiger charge is -2.31. The van der Waals surface area contributed by atoms with Crippen LogP contribution in [0.1, 0.15) is 30.9 Å². The second kappa shape index (κ2) is 6.98. The summed E-state index contributed by atoms with van der Waals surface area (Å²) in [7, 11) is 0. The van der Waals surface area contributed by atoms with Crippen LogP contribution in [-0.2, 0) is 9.53 Å². The highest BCUT2D eigenvalue weighted by atomic mass is 16.6. The summed E-state index contributed by atoms with van der Waals surface area (Å²) >= 11 is 0. The van der Waals surface area contributed by atoms with Crippen LogP contribution in [0.2, 0.25) is 0 Å². The Labute approximate surface area is 154 Å². The van der Waals surface area contributed by atoms with Crippen molar-refractivity contribution in [1.82, 2.24) is 9.97 Å². The molecule has 1 aliphatic rings.